The molecule has 2 aromatic rings. The minimum Gasteiger partial charge on any atom is -0.444 e. The molecule has 11 heteroatoms. The number of nitrogens with zero attached hydrogens (tertiary/aromatic N) is 2. The Hall–Kier alpha value is -3.18. The van der Waals surface area contributed by atoms with Gasteiger partial charge in [-0.2, -0.15) is 8.42 Å². The van der Waals surface area contributed by atoms with Crippen LogP contribution in [-0.4, -0.2) is 48.6 Å². The first-order chi connectivity index (χ1) is 14.3. The lowest BCUT2D eigenvalue weighted by Crippen LogP contribution is -2.36. The van der Waals surface area contributed by atoms with Crippen LogP contribution in [0.1, 0.15) is 32.4 Å². The second-order valence-corrected chi connectivity index (χ2v) is 9.28. The number of nitro groups is 1. The zero-order valence-corrected chi connectivity index (χ0v) is 18.3. The summed E-state index contributed by atoms with van der Waals surface area (Å²) in [4.78, 5) is 23.0. The molecule has 1 atom stereocenters. The molecule has 168 valence electrons. The van der Waals surface area contributed by atoms with Crippen molar-refractivity contribution in [2.75, 3.05) is 13.6 Å². The molecule has 0 radical (unpaired) electrons. The zero-order chi connectivity index (χ0) is 23.4. The smallest absolute Gasteiger partial charge is 0.410 e. The number of carbonyl (C=O) groups excluding carboxylic acids is 1. The number of nitro benzene ring substituents is 1. The van der Waals surface area contributed by atoms with Crippen molar-refractivity contribution >= 4 is 21.9 Å². The Balaban J connectivity index is 2.04. The number of carbonyl (C=O) groups is 1. The number of hydrogen-bond acceptors (Lipinski definition) is 8. The first kappa shape index (κ1) is 24.1. The monoisotopic (exact) mass is 452 g/mol. The van der Waals surface area contributed by atoms with E-state index in [1.54, 1.807) is 20.8 Å². The Labute approximate surface area is 180 Å². The maximum absolute atomic E-state index is 12.3. The fraction of sp³-hybridized carbons (Fsp3) is 0.350. The van der Waals surface area contributed by atoms with E-state index < -0.39 is 32.8 Å². The van der Waals surface area contributed by atoms with Crippen LogP contribution in [0.4, 0.5) is 10.5 Å². The van der Waals surface area contributed by atoms with Crippen molar-refractivity contribution in [1.82, 2.24) is 4.90 Å². The maximum atomic E-state index is 12.3. The van der Waals surface area contributed by atoms with Crippen LogP contribution in [0, 0.1) is 10.1 Å². The summed E-state index contributed by atoms with van der Waals surface area (Å²) in [6.07, 6.45) is -1.61. The molecule has 0 aliphatic carbocycles. The van der Waals surface area contributed by atoms with Gasteiger partial charge in [0.1, 0.15) is 16.2 Å². The van der Waals surface area contributed by atoms with Gasteiger partial charge >= 0.3 is 16.2 Å². The van der Waals surface area contributed by atoms with E-state index in [1.807, 2.05) is 0 Å². The molecule has 0 fully saturated rings. The minimum absolute atomic E-state index is 0.00482. The Morgan fingerprint density at radius 1 is 1.13 bits per heavy atom. The number of amides is 1. The SMILES string of the molecule is CN(CC(O)c1ccc(OS(=O)(=O)c2ccc([N+](=O)[O-])cc2)cc1)C(=O)OC(C)(C)C. The topological polar surface area (TPSA) is 136 Å². The molecular formula is C20H24N2O8S. The van der Waals surface area contributed by atoms with Crippen LogP contribution in [0.25, 0.3) is 0 Å². The lowest BCUT2D eigenvalue weighted by molar-refractivity contribution is -0.384. The van der Waals surface area contributed by atoms with Crippen molar-refractivity contribution in [3.63, 3.8) is 0 Å². The first-order valence-electron chi connectivity index (χ1n) is 9.19. The average molecular weight is 452 g/mol. The van der Waals surface area contributed by atoms with Crippen molar-refractivity contribution in [3.05, 3.63) is 64.2 Å². The minimum atomic E-state index is -4.19. The van der Waals surface area contributed by atoms with Gasteiger partial charge in [0, 0.05) is 19.2 Å². The molecule has 0 saturated heterocycles. The van der Waals surface area contributed by atoms with Crippen LogP contribution in [0.3, 0.4) is 0 Å². The predicted octanol–water partition coefficient (Wildman–Crippen LogP) is 3.26. The molecule has 0 heterocycles. The molecule has 1 N–H and O–H groups in total. The fourth-order valence-corrected chi connectivity index (χ4v) is 3.36. The third kappa shape index (κ3) is 6.93. The van der Waals surface area contributed by atoms with Crippen molar-refractivity contribution in [3.8, 4) is 5.75 Å². The summed E-state index contributed by atoms with van der Waals surface area (Å²) < 4.78 is 34.9. The van der Waals surface area contributed by atoms with Gasteiger partial charge in [0.25, 0.3) is 5.69 Å². The van der Waals surface area contributed by atoms with E-state index in [4.69, 9.17) is 8.92 Å². The molecule has 0 aliphatic rings. The molecule has 2 rings (SSSR count). The van der Waals surface area contributed by atoms with Crippen LogP contribution in [0.2, 0.25) is 0 Å². The highest BCUT2D eigenvalue weighted by molar-refractivity contribution is 7.87. The van der Waals surface area contributed by atoms with Gasteiger partial charge in [-0.3, -0.25) is 10.1 Å². The summed E-state index contributed by atoms with van der Waals surface area (Å²) in [5.41, 5.74) is -0.464. The van der Waals surface area contributed by atoms with Crippen LogP contribution >= 0.6 is 0 Å². The highest BCUT2D eigenvalue weighted by Gasteiger charge is 2.22. The molecule has 0 spiro atoms. The van der Waals surface area contributed by atoms with Crippen molar-refractivity contribution < 1.29 is 32.2 Å². The van der Waals surface area contributed by atoms with E-state index >= 15 is 0 Å². The largest absolute Gasteiger partial charge is 0.444 e. The molecule has 0 bridgehead atoms. The fourth-order valence-electron chi connectivity index (χ4n) is 2.43. The average Bonchev–Trinajstić information content (AvgIpc) is 2.67. The molecule has 1 unspecified atom stereocenters. The number of likely N-dealkylation sites (N-methyl/N-ethyl adjacent to an activating group) is 1. The molecule has 10 nitrogen and oxygen atoms in total. The Morgan fingerprint density at radius 2 is 1.68 bits per heavy atom. The van der Waals surface area contributed by atoms with Gasteiger partial charge in [0.2, 0.25) is 0 Å². The molecule has 1 amide bonds. The molecule has 0 aliphatic heterocycles. The Kier molecular flexibility index (Phi) is 7.24. The van der Waals surface area contributed by atoms with E-state index in [2.05, 4.69) is 0 Å². The second kappa shape index (κ2) is 9.31. The van der Waals surface area contributed by atoms with Crippen molar-refractivity contribution in [2.45, 2.75) is 37.4 Å². The molecule has 31 heavy (non-hydrogen) atoms. The number of rotatable bonds is 7. The Morgan fingerprint density at radius 3 is 2.16 bits per heavy atom. The third-order valence-corrected chi connectivity index (χ3v) is 5.22. The van der Waals surface area contributed by atoms with Crippen molar-refractivity contribution in [2.24, 2.45) is 0 Å². The van der Waals surface area contributed by atoms with Crippen LogP contribution in [0.15, 0.2) is 53.4 Å². The van der Waals surface area contributed by atoms with Gasteiger partial charge in [-0.25, -0.2) is 4.79 Å². The van der Waals surface area contributed by atoms with E-state index in [0.717, 1.165) is 24.3 Å². The molecule has 2 aromatic carbocycles. The first-order valence-corrected chi connectivity index (χ1v) is 10.6. The van der Waals surface area contributed by atoms with E-state index in [1.165, 1.54) is 36.2 Å². The number of aliphatic hydroxyl groups excluding tert-OH is 1. The predicted molar refractivity (Wildman–Crippen MR) is 111 cm³/mol. The lowest BCUT2D eigenvalue weighted by atomic mass is 10.1. The number of ether oxygens (including phenoxy) is 1. The van der Waals surface area contributed by atoms with Gasteiger partial charge in [-0.15, -0.1) is 0 Å². The summed E-state index contributed by atoms with van der Waals surface area (Å²) in [7, 11) is -2.70. The lowest BCUT2D eigenvalue weighted by Gasteiger charge is -2.26. The van der Waals surface area contributed by atoms with Gasteiger partial charge in [-0.1, -0.05) is 12.1 Å². The highest BCUT2D eigenvalue weighted by atomic mass is 32.2. The van der Waals surface area contributed by atoms with Gasteiger partial charge in [-0.05, 0) is 50.6 Å². The standard InChI is InChI=1S/C20H24N2O8S/c1-20(2,3)29-19(24)21(4)13-18(23)14-5-9-16(10-6-14)30-31(27,28)17-11-7-15(8-12-17)22(25)26/h5-12,18,23H,13H2,1-4H3. The maximum Gasteiger partial charge on any atom is 0.410 e. The molecule has 0 aromatic heterocycles. The number of benzene rings is 2. The van der Waals surface area contributed by atoms with Crippen LogP contribution in [0.5, 0.6) is 5.75 Å². The zero-order valence-electron chi connectivity index (χ0n) is 17.5. The number of non-ortho nitro benzene ring substituents is 1. The second-order valence-electron chi connectivity index (χ2n) is 7.73. The van der Waals surface area contributed by atoms with Gasteiger partial charge < -0.3 is 18.9 Å². The Bertz CT molecular complexity index is 1030. The van der Waals surface area contributed by atoms with E-state index in [9.17, 15) is 28.4 Å². The number of hydrogen-bond donors (Lipinski definition) is 1. The number of aliphatic hydroxyl groups is 1. The summed E-state index contributed by atoms with van der Waals surface area (Å²) in [5.74, 6) is -0.00482. The van der Waals surface area contributed by atoms with Crippen LogP contribution < -0.4 is 4.18 Å². The van der Waals surface area contributed by atoms with Crippen LogP contribution in [-0.2, 0) is 14.9 Å². The summed E-state index contributed by atoms with van der Waals surface area (Å²) >= 11 is 0. The highest BCUT2D eigenvalue weighted by Crippen LogP contribution is 2.23. The van der Waals surface area contributed by atoms with E-state index in [-0.39, 0.29) is 22.9 Å². The summed E-state index contributed by atoms with van der Waals surface area (Å²) in [6.45, 7) is 5.17. The van der Waals surface area contributed by atoms with Gasteiger partial charge in [0.15, 0.2) is 0 Å². The summed E-state index contributed by atoms with van der Waals surface area (Å²) in [5, 5.41) is 21.0. The molecule has 0 saturated carbocycles. The van der Waals surface area contributed by atoms with Crippen molar-refractivity contribution in [1.29, 1.82) is 0 Å². The quantitative estimate of drug-likeness (QED) is 0.384. The van der Waals surface area contributed by atoms with Gasteiger partial charge in [0.05, 0.1) is 17.6 Å². The summed E-state index contributed by atoms with van der Waals surface area (Å²) in [6, 6.07) is 9.94. The third-order valence-electron chi connectivity index (χ3n) is 3.96. The molecular weight excluding hydrogens is 428 g/mol. The van der Waals surface area contributed by atoms with E-state index in [0.29, 0.717) is 5.56 Å². The normalized spacial score (nSPS) is 12.7.